The highest BCUT2D eigenvalue weighted by Gasteiger charge is 2.10. The van der Waals surface area contributed by atoms with Gasteiger partial charge in [-0.25, -0.2) is 0 Å². The molecular weight excluding hydrogens is 286 g/mol. The lowest BCUT2D eigenvalue weighted by molar-refractivity contribution is -0.137. The standard InChI is InChI=1S/C15H17N3O4/c19-13(16-7-3-6-14(20)21)9-17-15(22)12-8-10-4-1-2-5-11(10)18-12/h1-2,4-5,8,18H,3,6-7,9H2,(H,16,19)(H,17,22)(H,20,21). The quantitative estimate of drug-likeness (QED) is 0.569. The zero-order valence-electron chi connectivity index (χ0n) is 11.9. The lowest BCUT2D eigenvalue weighted by Crippen LogP contribution is -2.37. The molecule has 2 amide bonds. The Morgan fingerprint density at radius 1 is 1.14 bits per heavy atom. The van der Waals surface area contributed by atoms with Crippen molar-refractivity contribution in [3.05, 3.63) is 36.0 Å². The summed E-state index contributed by atoms with van der Waals surface area (Å²) in [5.74, 6) is -1.62. The Bertz CT molecular complexity index is 660. The maximum Gasteiger partial charge on any atom is 0.303 e. The summed E-state index contributed by atoms with van der Waals surface area (Å²) >= 11 is 0. The molecule has 0 aliphatic rings. The van der Waals surface area contributed by atoms with E-state index >= 15 is 0 Å². The Morgan fingerprint density at radius 2 is 1.91 bits per heavy atom. The molecule has 7 heteroatoms. The second-order valence-electron chi connectivity index (χ2n) is 4.80. The van der Waals surface area contributed by atoms with Crippen LogP contribution in [0.5, 0.6) is 0 Å². The third-order valence-corrected chi connectivity index (χ3v) is 3.07. The number of carbonyl (C=O) groups is 3. The third-order valence-electron chi connectivity index (χ3n) is 3.07. The van der Waals surface area contributed by atoms with Crippen molar-refractivity contribution in [2.75, 3.05) is 13.1 Å². The number of aromatic nitrogens is 1. The van der Waals surface area contributed by atoms with Gasteiger partial charge >= 0.3 is 5.97 Å². The molecule has 0 atom stereocenters. The van der Waals surface area contributed by atoms with Crippen LogP contribution in [0.3, 0.4) is 0 Å². The number of nitrogens with one attached hydrogen (secondary N) is 3. The second-order valence-corrected chi connectivity index (χ2v) is 4.80. The first-order valence-corrected chi connectivity index (χ1v) is 6.90. The number of amides is 2. The molecule has 0 saturated carbocycles. The molecule has 0 fully saturated rings. The van der Waals surface area contributed by atoms with Crippen LogP contribution in [0.2, 0.25) is 0 Å². The number of fused-ring (bicyclic) bond motifs is 1. The Hall–Kier alpha value is -2.83. The van der Waals surface area contributed by atoms with E-state index in [9.17, 15) is 14.4 Å². The molecule has 0 unspecified atom stereocenters. The maximum absolute atomic E-state index is 11.9. The van der Waals surface area contributed by atoms with Crippen LogP contribution in [0.4, 0.5) is 0 Å². The predicted octanol–water partition coefficient (Wildman–Crippen LogP) is 0.879. The van der Waals surface area contributed by atoms with E-state index in [2.05, 4.69) is 15.6 Å². The van der Waals surface area contributed by atoms with Crippen LogP contribution in [0.15, 0.2) is 30.3 Å². The average Bonchev–Trinajstić information content (AvgIpc) is 2.93. The van der Waals surface area contributed by atoms with Gasteiger partial charge in [-0.2, -0.15) is 0 Å². The van der Waals surface area contributed by atoms with Gasteiger partial charge in [0.1, 0.15) is 5.69 Å². The number of carbonyl (C=O) groups excluding carboxylic acids is 2. The molecule has 0 aliphatic heterocycles. The normalized spacial score (nSPS) is 10.4. The predicted molar refractivity (Wildman–Crippen MR) is 80.5 cm³/mol. The molecule has 1 aromatic heterocycles. The Labute approximate surface area is 126 Å². The molecule has 0 spiro atoms. The van der Waals surface area contributed by atoms with E-state index in [0.29, 0.717) is 12.1 Å². The molecule has 0 aliphatic carbocycles. The summed E-state index contributed by atoms with van der Waals surface area (Å²) in [6.45, 7) is 0.120. The van der Waals surface area contributed by atoms with Crippen molar-refractivity contribution >= 4 is 28.7 Å². The molecule has 22 heavy (non-hydrogen) atoms. The molecule has 1 aromatic carbocycles. The van der Waals surface area contributed by atoms with E-state index in [1.165, 1.54) is 0 Å². The van der Waals surface area contributed by atoms with Crippen LogP contribution in [0.25, 0.3) is 10.9 Å². The van der Waals surface area contributed by atoms with Gasteiger partial charge in [0, 0.05) is 23.9 Å². The van der Waals surface area contributed by atoms with Crippen LogP contribution in [0.1, 0.15) is 23.3 Å². The largest absolute Gasteiger partial charge is 0.481 e. The van der Waals surface area contributed by atoms with Gasteiger partial charge in [-0.05, 0) is 18.6 Å². The van der Waals surface area contributed by atoms with Gasteiger partial charge in [0.15, 0.2) is 0 Å². The molecule has 2 aromatic rings. The fourth-order valence-electron chi connectivity index (χ4n) is 1.98. The summed E-state index contributed by atoms with van der Waals surface area (Å²) in [4.78, 5) is 36.7. The van der Waals surface area contributed by atoms with Crippen molar-refractivity contribution in [3.63, 3.8) is 0 Å². The Balaban J connectivity index is 1.77. The van der Waals surface area contributed by atoms with Crippen molar-refractivity contribution in [1.29, 1.82) is 0 Å². The number of para-hydroxylation sites is 1. The number of hydrogen-bond acceptors (Lipinski definition) is 3. The monoisotopic (exact) mass is 303 g/mol. The van der Waals surface area contributed by atoms with Gasteiger partial charge in [-0.15, -0.1) is 0 Å². The summed E-state index contributed by atoms with van der Waals surface area (Å²) in [5.41, 5.74) is 1.24. The first-order chi connectivity index (χ1) is 10.6. The van der Waals surface area contributed by atoms with Crippen LogP contribution < -0.4 is 10.6 Å². The maximum atomic E-state index is 11.9. The van der Waals surface area contributed by atoms with Crippen LogP contribution in [-0.2, 0) is 9.59 Å². The Morgan fingerprint density at radius 3 is 2.64 bits per heavy atom. The van der Waals surface area contributed by atoms with Gasteiger partial charge < -0.3 is 20.7 Å². The highest BCUT2D eigenvalue weighted by Crippen LogP contribution is 2.14. The number of benzene rings is 1. The molecule has 7 nitrogen and oxygen atoms in total. The number of rotatable bonds is 7. The summed E-state index contributed by atoms with van der Waals surface area (Å²) < 4.78 is 0. The molecule has 1 heterocycles. The minimum Gasteiger partial charge on any atom is -0.481 e. The smallest absolute Gasteiger partial charge is 0.303 e. The van der Waals surface area contributed by atoms with Crippen LogP contribution in [-0.4, -0.2) is 41.0 Å². The number of aromatic amines is 1. The van der Waals surface area contributed by atoms with Gasteiger partial charge in [0.05, 0.1) is 6.54 Å². The summed E-state index contributed by atoms with van der Waals surface area (Å²) in [6.07, 6.45) is 0.360. The molecule has 2 rings (SSSR count). The number of carboxylic acid groups (broad SMARTS) is 1. The SMILES string of the molecule is O=C(O)CCCNC(=O)CNC(=O)c1cc2ccccc2[nH]1. The van der Waals surface area contributed by atoms with Crippen molar-refractivity contribution in [3.8, 4) is 0 Å². The topological polar surface area (TPSA) is 111 Å². The summed E-state index contributed by atoms with van der Waals surface area (Å²) in [5, 5.41) is 14.4. The van der Waals surface area contributed by atoms with Gasteiger partial charge in [0.25, 0.3) is 5.91 Å². The van der Waals surface area contributed by atoms with E-state index in [0.717, 1.165) is 10.9 Å². The highest BCUT2D eigenvalue weighted by molar-refractivity contribution is 5.99. The third kappa shape index (κ3) is 4.34. The average molecular weight is 303 g/mol. The van der Waals surface area contributed by atoms with E-state index in [1.807, 2.05) is 24.3 Å². The van der Waals surface area contributed by atoms with E-state index in [4.69, 9.17) is 5.11 Å². The first-order valence-electron chi connectivity index (χ1n) is 6.90. The van der Waals surface area contributed by atoms with E-state index < -0.39 is 5.97 Å². The van der Waals surface area contributed by atoms with Gasteiger partial charge in [-0.1, -0.05) is 18.2 Å². The minimum absolute atomic E-state index is 0.00169. The molecule has 0 bridgehead atoms. The summed E-state index contributed by atoms with van der Waals surface area (Å²) in [6, 6.07) is 9.21. The lowest BCUT2D eigenvalue weighted by atomic mass is 10.2. The van der Waals surface area contributed by atoms with Crippen LogP contribution in [0, 0.1) is 0 Å². The van der Waals surface area contributed by atoms with Crippen molar-refractivity contribution in [2.45, 2.75) is 12.8 Å². The van der Waals surface area contributed by atoms with E-state index in [1.54, 1.807) is 6.07 Å². The van der Waals surface area contributed by atoms with Crippen molar-refractivity contribution in [2.24, 2.45) is 0 Å². The molecule has 0 saturated heterocycles. The minimum atomic E-state index is -0.902. The zero-order chi connectivity index (χ0) is 15.9. The first kappa shape index (κ1) is 15.6. The van der Waals surface area contributed by atoms with Gasteiger partial charge in [-0.3, -0.25) is 14.4 Å². The molecule has 116 valence electrons. The molecular formula is C15H17N3O4. The number of aliphatic carboxylic acids is 1. The number of hydrogen-bond donors (Lipinski definition) is 4. The van der Waals surface area contributed by atoms with Gasteiger partial charge in [0.2, 0.25) is 5.91 Å². The Kier molecular flexibility index (Phi) is 5.13. The molecule has 0 radical (unpaired) electrons. The highest BCUT2D eigenvalue weighted by atomic mass is 16.4. The lowest BCUT2D eigenvalue weighted by Gasteiger charge is -2.05. The molecule has 4 N–H and O–H groups in total. The number of H-pyrrole nitrogens is 1. The second kappa shape index (κ2) is 7.26. The number of carboxylic acids is 1. The summed E-state index contributed by atoms with van der Waals surface area (Å²) in [7, 11) is 0. The van der Waals surface area contributed by atoms with Crippen molar-refractivity contribution < 1.29 is 19.5 Å². The fraction of sp³-hybridized carbons (Fsp3) is 0.267. The zero-order valence-corrected chi connectivity index (χ0v) is 11.9. The van der Waals surface area contributed by atoms with Crippen LogP contribution >= 0.6 is 0 Å². The van der Waals surface area contributed by atoms with E-state index in [-0.39, 0.29) is 31.3 Å². The van der Waals surface area contributed by atoms with Crippen molar-refractivity contribution in [1.82, 2.24) is 15.6 Å². The fourth-order valence-corrected chi connectivity index (χ4v) is 1.98.